The predicted molar refractivity (Wildman–Crippen MR) is 98.2 cm³/mol. The van der Waals surface area contributed by atoms with Crippen LogP contribution in [0.25, 0.3) is 0 Å². The summed E-state index contributed by atoms with van der Waals surface area (Å²) in [6.45, 7) is 0.0397. The summed E-state index contributed by atoms with van der Waals surface area (Å²) in [5.41, 5.74) is -0.360. The molecule has 3 N–H and O–H groups in total. The summed E-state index contributed by atoms with van der Waals surface area (Å²) in [6.07, 6.45) is -8.42. The zero-order chi connectivity index (χ0) is 21.4. The molecule has 0 saturated heterocycles. The fourth-order valence-corrected chi connectivity index (χ4v) is 2.61. The number of aliphatic hydroxyl groups excluding tert-OH is 2. The zero-order valence-electron chi connectivity index (χ0n) is 15.6. The van der Waals surface area contributed by atoms with Gasteiger partial charge in [0.05, 0.1) is 18.8 Å². The Kier molecular flexibility index (Phi) is 7.86. The molecule has 2 unspecified atom stereocenters. The van der Waals surface area contributed by atoms with Gasteiger partial charge in [0.15, 0.2) is 0 Å². The predicted octanol–water partition coefficient (Wildman–Crippen LogP) is 3.42. The van der Waals surface area contributed by atoms with Gasteiger partial charge in [0.25, 0.3) is 0 Å². The van der Waals surface area contributed by atoms with Gasteiger partial charge in [-0.1, -0.05) is 36.4 Å². The minimum absolute atomic E-state index is 0.0336. The standard InChI is InChI=1S/C20H22F3NO5/c1-28-17-8-7-14(11-15(17)20(21,22)23)18(26)16(25)9-10-24-19(27)29-12-13-5-3-2-4-6-13/h2-8,11,16,18,25-26H,9-10,12H2,1H3,(H,24,27). The third-order valence-corrected chi connectivity index (χ3v) is 4.16. The van der Waals surface area contributed by atoms with Gasteiger partial charge in [-0.3, -0.25) is 0 Å². The number of methoxy groups -OCH3 is 1. The quantitative estimate of drug-likeness (QED) is 0.617. The van der Waals surface area contributed by atoms with E-state index in [9.17, 15) is 28.2 Å². The molecule has 0 radical (unpaired) electrons. The number of aliphatic hydroxyl groups is 2. The molecule has 0 fully saturated rings. The number of rotatable bonds is 8. The number of carbonyl (C=O) groups is 1. The molecule has 0 aliphatic carbocycles. The normalized spacial score (nSPS) is 13.4. The lowest BCUT2D eigenvalue weighted by atomic mass is 9.99. The van der Waals surface area contributed by atoms with Crippen LogP contribution in [0.2, 0.25) is 0 Å². The summed E-state index contributed by atoms with van der Waals surface area (Å²) in [7, 11) is 1.11. The van der Waals surface area contributed by atoms with E-state index in [4.69, 9.17) is 4.74 Å². The highest BCUT2D eigenvalue weighted by Gasteiger charge is 2.35. The minimum atomic E-state index is -4.67. The molecule has 158 valence electrons. The number of carbonyl (C=O) groups excluding carboxylic acids is 1. The lowest BCUT2D eigenvalue weighted by molar-refractivity contribution is -0.138. The fraction of sp³-hybridized carbons (Fsp3) is 0.350. The lowest BCUT2D eigenvalue weighted by Gasteiger charge is -2.20. The first kappa shape index (κ1) is 22.5. The van der Waals surface area contributed by atoms with Crippen molar-refractivity contribution in [3.63, 3.8) is 0 Å². The van der Waals surface area contributed by atoms with Gasteiger partial charge in [0.1, 0.15) is 18.5 Å². The van der Waals surface area contributed by atoms with Crippen LogP contribution in [0, 0.1) is 0 Å². The molecule has 2 aromatic carbocycles. The van der Waals surface area contributed by atoms with Gasteiger partial charge in [-0.2, -0.15) is 13.2 Å². The molecule has 2 aromatic rings. The number of ether oxygens (including phenoxy) is 2. The molecular weight excluding hydrogens is 391 g/mol. The second-order valence-electron chi connectivity index (χ2n) is 6.25. The lowest BCUT2D eigenvalue weighted by Crippen LogP contribution is -2.29. The van der Waals surface area contributed by atoms with E-state index in [0.29, 0.717) is 0 Å². The van der Waals surface area contributed by atoms with E-state index < -0.39 is 30.0 Å². The minimum Gasteiger partial charge on any atom is -0.496 e. The first-order valence-electron chi connectivity index (χ1n) is 8.78. The Morgan fingerprint density at radius 3 is 2.45 bits per heavy atom. The molecule has 2 rings (SSSR count). The van der Waals surface area contributed by atoms with Crippen molar-refractivity contribution in [2.24, 2.45) is 0 Å². The SMILES string of the molecule is COc1ccc(C(O)C(O)CCNC(=O)OCc2ccccc2)cc1C(F)(F)F. The number of alkyl carbamates (subject to hydrolysis) is 1. The van der Waals surface area contributed by atoms with E-state index in [1.165, 1.54) is 6.07 Å². The summed E-state index contributed by atoms with van der Waals surface area (Å²) in [5.74, 6) is -0.384. The van der Waals surface area contributed by atoms with Crippen molar-refractivity contribution >= 4 is 6.09 Å². The molecule has 0 aliphatic heterocycles. The van der Waals surface area contributed by atoms with E-state index in [2.05, 4.69) is 10.1 Å². The van der Waals surface area contributed by atoms with Crippen molar-refractivity contribution in [3.05, 3.63) is 65.2 Å². The average Bonchev–Trinajstić information content (AvgIpc) is 2.71. The average molecular weight is 413 g/mol. The summed E-state index contributed by atoms with van der Waals surface area (Å²) >= 11 is 0. The van der Waals surface area contributed by atoms with Crippen molar-refractivity contribution < 1.29 is 37.7 Å². The maximum absolute atomic E-state index is 13.1. The molecule has 1 amide bonds. The fourth-order valence-electron chi connectivity index (χ4n) is 2.61. The zero-order valence-corrected chi connectivity index (χ0v) is 15.6. The number of hydrogen-bond donors (Lipinski definition) is 3. The van der Waals surface area contributed by atoms with Crippen molar-refractivity contribution in [1.29, 1.82) is 0 Å². The highest BCUT2D eigenvalue weighted by Crippen LogP contribution is 2.38. The summed E-state index contributed by atoms with van der Waals surface area (Å²) in [4.78, 5) is 11.6. The third kappa shape index (κ3) is 6.65. The smallest absolute Gasteiger partial charge is 0.419 e. The number of nitrogens with one attached hydrogen (secondary N) is 1. The van der Waals surface area contributed by atoms with Crippen LogP contribution < -0.4 is 10.1 Å². The first-order valence-corrected chi connectivity index (χ1v) is 8.78. The number of halogens is 3. The van der Waals surface area contributed by atoms with E-state index in [-0.39, 0.29) is 30.9 Å². The van der Waals surface area contributed by atoms with Gasteiger partial charge < -0.3 is 25.0 Å². The van der Waals surface area contributed by atoms with Gasteiger partial charge >= 0.3 is 12.3 Å². The largest absolute Gasteiger partial charge is 0.496 e. The molecular formula is C20H22F3NO5. The molecule has 6 nitrogen and oxygen atoms in total. The highest BCUT2D eigenvalue weighted by atomic mass is 19.4. The Balaban J connectivity index is 1.85. The summed E-state index contributed by atoms with van der Waals surface area (Å²) in [6, 6.07) is 12.1. The van der Waals surface area contributed by atoms with E-state index in [1.807, 2.05) is 6.07 Å². The van der Waals surface area contributed by atoms with E-state index in [0.717, 1.165) is 24.8 Å². The maximum atomic E-state index is 13.1. The van der Waals surface area contributed by atoms with Crippen molar-refractivity contribution in [2.75, 3.05) is 13.7 Å². The van der Waals surface area contributed by atoms with E-state index in [1.54, 1.807) is 24.3 Å². The first-order chi connectivity index (χ1) is 13.7. The van der Waals surface area contributed by atoms with Crippen LogP contribution in [-0.2, 0) is 17.5 Å². The molecule has 0 aliphatic rings. The molecule has 0 bridgehead atoms. The molecule has 0 spiro atoms. The molecule has 0 aromatic heterocycles. The van der Waals surface area contributed by atoms with Crippen LogP contribution in [0.1, 0.15) is 29.2 Å². The van der Waals surface area contributed by atoms with Gasteiger partial charge in [-0.15, -0.1) is 0 Å². The molecule has 2 atom stereocenters. The highest BCUT2D eigenvalue weighted by molar-refractivity contribution is 5.67. The summed E-state index contributed by atoms with van der Waals surface area (Å²) < 4.78 is 48.9. The Hall–Kier alpha value is -2.78. The third-order valence-electron chi connectivity index (χ3n) is 4.16. The monoisotopic (exact) mass is 413 g/mol. The second kappa shape index (κ2) is 10.1. The topological polar surface area (TPSA) is 88.0 Å². The molecule has 0 saturated carbocycles. The summed E-state index contributed by atoms with van der Waals surface area (Å²) in [5, 5.41) is 22.6. The number of amides is 1. The van der Waals surface area contributed by atoms with Crippen LogP contribution in [-0.4, -0.2) is 36.1 Å². The van der Waals surface area contributed by atoms with Crippen LogP contribution in [0.5, 0.6) is 5.75 Å². The molecule has 9 heteroatoms. The molecule has 29 heavy (non-hydrogen) atoms. The van der Waals surface area contributed by atoms with Crippen LogP contribution in [0.15, 0.2) is 48.5 Å². The van der Waals surface area contributed by atoms with Gasteiger partial charge in [-0.05, 0) is 29.7 Å². The number of benzene rings is 2. The Labute approximate surface area is 165 Å². The molecule has 0 heterocycles. The van der Waals surface area contributed by atoms with Crippen molar-refractivity contribution in [2.45, 2.75) is 31.4 Å². The van der Waals surface area contributed by atoms with Gasteiger partial charge in [0, 0.05) is 6.54 Å². The maximum Gasteiger partial charge on any atom is 0.419 e. The van der Waals surface area contributed by atoms with Crippen molar-refractivity contribution in [1.82, 2.24) is 5.32 Å². The van der Waals surface area contributed by atoms with Crippen LogP contribution >= 0.6 is 0 Å². The number of alkyl halides is 3. The Bertz CT molecular complexity index is 798. The van der Waals surface area contributed by atoms with E-state index >= 15 is 0 Å². The number of hydrogen-bond acceptors (Lipinski definition) is 5. The van der Waals surface area contributed by atoms with Crippen LogP contribution in [0.3, 0.4) is 0 Å². The van der Waals surface area contributed by atoms with Crippen molar-refractivity contribution in [3.8, 4) is 5.75 Å². The van der Waals surface area contributed by atoms with Gasteiger partial charge in [-0.25, -0.2) is 4.79 Å². The Morgan fingerprint density at radius 2 is 1.83 bits per heavy atom. The van der Waals surface area contributed by atoms with Gasteiger partial charge in [0.2, 0.25) is 0 Å². The Morgan fingerprint density at radius 1 is 1.14 bits per heavy atom. The van der Waals surface area contributed by atoms with Crippen LogP contribution in [0.4, 0.5) is 18.0 Å². The second-order valence-corrected chi connectivity index (χ2v) is 6.25.